The zero-order chi connectivity index (χ0) is 41.6. The highest BCUT2D eigenvalue weighted by molar-refractivity contribution is 7.90. The summed E-state index contributed by atoms with van der Waals surface area (Å²) in [4.78, 5) is 62.5. The molecule has 1 aromatic heterocycles. The van der Waals surface area contributed by atoms with Crippen LogP contribution in [-0.4, -0.2) is 94.8 Å². The number of hydrogen-bond acceptors (Lipinski definition) is 10. The predicted octanol–water partition coefficient (Wildman–Crippen LogP) is 4.66. The van der Waals surface area contributed by atoms with E-state index in [1.165, 1.54) is 4.90 Å². The van der Waals surface area contributed by atoms with Crippen LogP contribution in [0.3, 0.4) is 0 Å². The zero-order valence-electron chi connectivity index (χ0n) is 33.3. The minimum Gasteiger partial charge on any atom is -0.588 e. The lowest BCUT2D eigenvalue weighted by Crippen LogP contribution is -2.58. The fourth-order valence-corrected chi connectivity index (χ4v) is 7.90. The van der Waals surface area contributed by atoms with Gasteiger partial charge in [0.05, 0.1) is 24.9 Å². The fraction of sp³-hybridized carbons (Fsp3) is 0.372. The van der Waals surface area contributed by atoms with Crippen molar-refractivity contribution in [2.45, 2.75) is 74.3 Å². The molecular formula is C43H50N6O8S. The number of carbonyl (C=O) groups excluding carboxylic acids is 4. The number of hydrogen-bond donors (Lipinski definition) is 4. The molecule has 1 unspecified atom stereocenters. The highest BCUT2D eigenvalue weighted by Gasteiger charge is 2.62. The van der Waals surface area contributed by atoms with Crippen molar-refractivity contribution in [3.63, 3.8) is 0 Å². The first kappa shape index (κ1) is 42.0. The van der Waals surface area contributed by atoms with Crippen molar-refractivity contribution in [1.29, 1.82) is 0 Å². The third kappa shape index (κ3) is 9.72. The van der Waals surface area contributed by atoms with Gasteiger partial charge in [-0.2, -0.15) is 4.72 Å². The van der Waals surface area contributed by atoms with Gasteiger partial charge in [0.2, 0.25) is 11.8 Å². The zero-order valence-corrected chi connectivity index (χ0v) is 34.1. The van der Waals surface area contributed by atoms with E-state index in [4.69, 9.17) is 19.2 Å². The van der Waals surface area contributed by atoms with Gasteiger partial charge in [-0.1, -0.05) is 54.6 Å². The van der Waals surface area contributed by atoms with Crippen molar-refractivity contribution in [3.8, 4) is 22.8 Å². The van der Waals surface area contributed by atoms with Crippen LogP contribution >= 0.6 is 0 Å². The maximum Gasteiger partial charge on any atom is 0.408 e. The number of pyridine rings is 1. The van der Waals surface area contributed by atoms with Crippen LogP contribution in [0.2, 0.25) is 0 Å². The number of nitrogens with zero attached hydrogens (tertiary/aromatic N) is 2. The van der Waals surface area contributed by atoms with Crippen LogP contribution in [0, 0.1) is 5.92 Å². The Kier molecular flexibility index (Phi) is 12.9. The molecule has 6 rings (SSSR count). The molecule has 4 N–H and O–H groups in total. The molecule has 1 saturated carbocycles. The summed E-state index contributed by atoms with van der Waals surface area (Å²) in [5.41, 5.74) is -0.139. The van der Waals surface area contributed by atoms with Gasteiger partial charge < -0.3 is 39.6 Å². The first-order chi connectivity index (χ1) is 27.7. The Balaban J connectivity index is 1.32. The molecule has 0 bridgehead atoms. The van der Waals surface area contributed by atoms with Gasteiger partial charge >= 0.3 is 6.09 Å². The Morgan fingerprint density at radius 2 is 1.76 bits per heavy atom. The van der Waals surface area contributed by atoms with Gasteiger partial charge in [0.1, 0.15) is 52.2 Å². The number of ether oxygens (including phenoxy) is 3. The molecule has 1 saturated heterocycles. The molecule has 4 aromatic rings. The van der Waals surface area contributed by atoms with E-state index in [2.05, 4.69) is 27.3 Å². The summed E-state index contributed by atoms with van der Waals surface area (Å²) in [5.74, 6) is -1.13. The quantitative estimate of drug-likeness (QED) is 0.0974. The van der Waals surface area contributed by atoms with Crippen LogP contribution in [0.4, 0.5) is 4.79 Å². The van der Waals surface area contributed by atoms with Gasteiger partial charge in [0.15, 0.2) is 4.90 Å². The monoisotopic (exact) mass is 810 g/mol. The summed E-state index contributed by atoms with van der Waals surface area (Å²) in [5, 5.41) is 9.32. The summed E-state index contributed by atoms with van der Waals surface area (Å²) >= 11 is -1.89. The van der Waals surface area contributed by atoms with Gasteiger partial charge in [0, 0.05) is 35.4 Å². The maximum atomic E-state index is 14.6. The number of alkyl carbamates (subject to hydrolysis) is 1. The van der Waals surface area contributed by atoms with E-state index in [0.717, 1.165) is 5.56 Å². The van der Waals surface area contributed by atoms with Crippen molar-refractivity contribution in [1.82, 2.24) is 30.6 Å². The summed E-state index contributed by atoms with van der Waals surface area (Å²) in [7, 11) is 3.30. The van der Waals surface area contributed by atoms with Crippen LogP contribution < -0.4 is 30.1 Å². The number of amides is 4. The molecule has 1 aliphatic carbocycles. The molecule has 2 fully saturated rings. The first-order valence-corrected chi connectivity index (χ1v) is 20.3. The lowest BCUT2D eigenvalue weighted by Gasteiger charge is -2.30. The van der Waals surface area contributed by atoms with E-state index in [-0.39, 0.29) is 25.8 Å². The number of benzene rings is 3. The van der Waals surface area contributed by atoms with E-state index in [1.807, 2.05) is 48.5 Å². The minimum atomic E-state index is -1.89. The predicted molar refractivity (Wildman–Crippen MR) is 220 cm³/mol. The third-order valence-electron chi connectivity index (χ3n) is 10.1. The molecule has 3 aromatic carbocycles. The molecule has 4 amide bonds. The van der Waals surface area contributed by atoms with Crippen LogP contribution in [-0.2, 0) is 30.5 Å². The Morgan fingerprint density at radius 3 is 2.40 bits per heavy atom. The maximum absolute atomic E-state index is 14.6. The first-order valence-electron chi connectivity index (χ1n) is 19.1. The van der Waals surface area contributed by atoms with Crippen molar-refractivity contribution < 1.29 is 37.9 Å². The van der Waals surface area contributed by atoms with E-state index in [0.29, 0.717) is 39.5 Å². The second-order valence-electron chi connectivity index (χ2n) is 15.3. The Bertz CT molecular complexity index is 2130. The fourth-order valence-electron chi connectivity index (χ4n) is 7.02. The number of aromatic nitrogens is 1. The van der Waals surface area contributed by atoms with E-state index in [1.54, 1.807) is 77.4 Å². The van der Waals surface area contributed by atoms with Crippen LogP contribution in [0.5, 0.6) is 11.5 Å². The van der Waals surface area contributed by atoms with E-state index in [9.17, 15) is 23.7 Å². The van der Waals surface area contributed by atoms with E-state index >= 15 is 0 Å². The number of likely N-dealkylation sites (tertiary alicyclic amines) is 1. The normalized spacial score (nSPS) is 21.0. The molecular weight excluding hydrogens is 761 g/mol. The second kappa shape index (κ2) is 17.9. The van der Waals surface area contributed by atoms with Gasteiger partial charge in [-0.05, 0) is 71.5 Å². The van der Waals surface area contributed by atoms with Crippen LogP contribution in [0.1, 0.15) is 40.0 Å². The number of rotatable bonds is 15. The highest BCUT2D eigenvalue weighted by atomic mass is 32.2. The highest BCUT2D eigenvalue weighted by Crippen LogP contribution is 2.45. The standard InChI is InChI=1S/C43H50N6O8S/c1-7-28-25-43(28,40(52)48-58(54)31-16-12-9-13-17-31)47-38(50)36-23-30(26-49(36)39(51)33(20-21-44-5)46-41(53)57-42(2,3)4)56-37-24-34(27-14-10-8-11-15-27)45-35-22-29(55-6)18-19-32(35)37/h7-19,22,24,28,30,33,36,44H,1,20-21,23,25-26H2,2-6H3,(H,46,53)(H,47,50)(H,48,52)/t28-,30-,33+,36+,43-,58?/m1/s1. The SMILES string of the molecule is C=C[C@@H]1C[C@]1(NC(=O)[C@@H]1C[C@@H](Oc2cc(-c3ccccc3)nc3cc(OC)ccc23)CN1C(=O)[C@H](CCNC)NC(=O)OC(C)(C)C)C(=O)N[S+]([O-])c1ccccc1. The third-order valence-corrected chi connectivity index (χ3v) is 11.1. The summed E-state index contributed by atoms with van der Waals surface area (Å²) in [6, 6.07) is 23.2. The van der Waals surface area contributed by atoms with Crippen molar-refractivity contribution in [2.75, 3.05) is 27.2 Å². The number of methoxy groups -OCH3 is 1. The minimum absolute atomic E-state index is 0.0221. The van der Waals surface area contributed by atoms with Gasteiger partial charge in [-0.25, -0.2) is 9.78 Å². The van der Waals surface area contributed by atoms with Gasteiger partial charge in [-0.15, -0.1) is 6.58 Å². The lowest BCUT2D eigenvalue weighted by atomic mass is 10.1. The second-order valence-corrected chi connectivity index (χ2v) is 16.6. The van der Waals surface area contributed by atoms with Crippen molar-refractivity contribution in [2.24, 2.45) is 5.92 Å². The molecule has 0 radical (unpaired) electrons. The molecule has 306 valence electrons. The lowest BCUT2D eigenvalue weighted by molar-refractivity contribution is -0.141. The Labute approximate surface area is 341 Å². The Hall–Kier alpha value is -5.64. The summed E-state index contributed by atoms with van der Waals surface area (Å²) < 4.78 is 33.3. The average Bonchev–Trinajstić information content (AvgIpc) is 3.77. The van der Waals surface area contributed by atoms with Gasteiger partial charge in [-0.3, -0.25) is 14.4 Å². The molecule has 2 heterocycles. The molecule has 15 heteroatoms. The van der Waals surface area contributed by atoms with E-state index < -0.39 is 70.4 Å². The summed E-state index contributed by atoms with van der Waals surface area (Å²) in [6.45, 7) is 9.36. The molecule has 0 spiro atoms. The number of fused-ring (bicyclic) bond motifs is 1. The summed E-state index contributed by atoms with van der Waals surface area (Å²) in [6.07, 6.45) is 0.554. The van der Waals surface area contributed by atoms with Crippen LogP contribution in [0.15, 0.2) is 102 Å². The molecule has 2 aliphatic rings. The Morgan fingerprint density at radius 1 is 1.05 bits per heavy atom. The largest absolute Gasteiger partial charge is 0.588 e. The van der Waals surface area contributed by atoms with Gasteiger partial charge in [0.25, 0.3) is 5.91 Å². The van der Waals surface area contributed by atoms with Crippen LogP contribution in [0.25, 0.3) is 22.2 Å². The molecule has 58 heavy (non-hydrogen) atoms. The van der Waals surface area contributed by atoms with Crippen molar-refractivity contribution >= 4 is 46.1 Å². The smallest absolute Gasteiger partial charge is 0.408 e. The molecule has 14 nitrogen and oxygen atoms in total. The molecule has 1 aliphatic heterocycles. The average molecular weight is 811 g/mol. The molecule has 6 atom stereocenters. The van der Waals surface area contributed by atoms with Crippen molar-refractivity contribution in [3.05, 3.63) is 97.6 Å². The number of carbonyl (C=O) groups is 4. The topological polar surface area (TPSA) is 183 Å². The number of nitrogens with one attached hydrogen (secondary N) is 4.